The summed E-state index contributed by atoms with van der Waals surface area (Å²) in [5.41, 5.74) is 0.614. The molecule has 1 atom stereocenters. The van der Waals surface area contributed by atoms with Gasteiger partial charge in [-0.25, -0.2) is 0 Å². The molecule has 1 aromatic carbocycles. The highest BCUT2D eigenvalue weighted by molar-refractivity contribution is 9.10. The smallest absolute Gasteiger partial charge is 0.252 e. The van der Waals surface area contributed by atoms with Crippen LogP contribution in [0.1, 0.15) is 29.6 Å². The Morgan fingerprint density at radius 3 is 3.00 bits per heavy atom. The van der Waals surface area contributed by atoms with E-state index in [2.05, 4.69) is 33.2 Å². The van der Waals surface area contributed by atoms with Crippen molar-refractivity contribution in [2.45, 2.75) is 25.3 Å². The van der Waals surface area contributed by atoms with E-state index < -0.39 is 0 Å². The number of carbonyl (C=O) groups excluding carboxylic acids is 1. The van der Waals surface area contributed by atoms with Crippen molar-refractivity contribution < 1.29 is 9.53 Å². The molecule has 1 saturated heterocycles. The molecule has 4 nitrogen and oxygen atoms in total. The van der Waals surface area contributed by atoms with Gasteiger partial charge in [-0.05, 0) is 60.6 Å². The molecule has 0 spiro atoms. The van der Waals surface area contributed by atoms with E-state index in [1.807, 2.05) is 12.1 Å². The zero-order valence-electron chi connectivity index (χ0n) is 12.0. The molecule has 1 fully saturated rings. The monoisotopic (exact) mass is 340 g/mol. The number of carbonyl (C=O) groups is 1. The van der Waals surface area contributed by atoms with Crippen molar-refractivity contribution in [1.82, 2.24) is 10.2 Å². The molecular weight excluding hydrogens is 320 g/mol. The number of benzene rings is 1. The first-order valence-corrected chi connectivity index (χ1v) is 7.73. The Hall–Kier alpha value is -1.07. The Kier molecular flexibility index (Phi) is 5.43. The molecule has 0 saturated carbocycles. The lowest BCUT2D eigenvalue weighted by Crippen LogP contribution is -2.44. The predicted molar refractivity (Wildman–Crippen MR) is 83.3 cm³/mol. The van der Waals surface area contributed by atoms with Crippen LogP contribution in [0, 0.1) is 0 Å². The number of nitrogens with one attached hydrogen (secondary N) is 1. The van der Waals surface area contributed by atoms with Crippen molar-refractivity contribution in [3.63, 3.8) is 0 Å². The van der Waals surface area contributed by atoms with E-state index in [9.17, 15) is 4.79 Å². The van der Waals surface area contributed by atoms with Crippen molar-refractivity contribution in [2.24, 2.45) is 0 Å². The molecule has 1 aliphatic heterocycles. The molecule has 1 aromatic rings. The molecule has 0 radical (unpaired) electrons. The number of hydrogen-bond acceptors (Lipinski definition) is 3. The molecular formula is C15H21BrN2O2. The van der Waals surface area contributed by atoms with Crippen LogP contribution < -0.4 is 10.1 Å². The van der Waals surface area contributed by atoms with Crippen molar-refractivity contribution in [2.75, 3.05) is 27.2 Å². The topological polar surface area (TPSA) is 41.6 Å². The lowest BCUT2D eigenvalue weighted by molar-refractivity contribution is 0.0927. The molecule has 1 aliphatic rings. The first kappa shape index (κ1) is 15.3. The van der Waals surface area contributed by atoms with Crippen LogP contribution >= 0.6 is 15.9 Å². The molecule has 1 N–H and O–H groups in total. The fraction of sp³-hybridized carbons (Fsp3) is 0.533. The van der Waals surface area contributed by atoms with Gasteiger partial charge >= 0.3 is 0 Å². The second-order valence-corrected chi connectivity index (χ2v) is 6.04. The molecule has 110 valence electrons. The number of nitrogens with zero attached hydrogens (tertiary/aromatic N) is 1. The zero-order chi connectivity index (χ0) is 14.5. The van der Waals surface area contributed by atoms with E-state index in [-0.39, 0.29) is 5.91 Å². The molecule has 1 unspecified atom stereocenters. The summed E-state index contributed by atoms with van der Waals surface area (Å²) in [4.78, 5) is 14.6. The standard InChI is InChI=1S/C15H21BrN2O2/c1-18-8-4-3-5-11(18)10-17-15(19)13-9-12(20-2)6-7-14(13)16/h6-7,9,11H,3-5,8,10H2,1-2H3,(H,17,19). The number of likely N-dealkylation sites (N-methyl/N-ethyl adjacent to an activating group) is 1. The minimum absolute atomic E-state index is 0.0604. The number of hydrogen-bond donors (Lipinski definition) is 1. The number of methoxy groups -OCH3 is 1. The van der Waals surface area contributed by atoms with Gasteiger partial charge in [0.1, 0.15) is 5.75 Å². The molecule has 0 bridgehead atoms. The first-order valence-electron chi connectivity index (χ1n) is 6.94. The van der Waals surface area contributed by atoms with Gasteiger partial charge in [0, 0.05) is 17.1 Å². The van der Waals surface area contributed by atoms with Gasteiger partial charge in [-0.1, -0.05) is 6.42 Å². The van der Waals surface area contributed by atoms with E-state index >= 15 is 0 Å². The summed E-state index contributed by atoms with van der Waals surface area (Å²) in [6.07, 6.45) is 3.65. The zero-order valence-corrected chi connectivity index (χ0v) is 13.6. The van der Waals surface area contributed by atoms with Crippen LogP contribution in [0.5, 0.6) is 5.75 Å². The third-order valence-electron chi connectivity index (χ3n) is 3.84. The van der Waals surface area contributed by atoms with Crippen LogP contribution in [-0.2, 0) is 0 Å². The van der Waals surface area contributed by atoms with Crippen molar-refractivity contribution >= 4 is 21.8 Å². The van der Waals surface area contributed by atoms with E-state index in [0.717, 1.165) is 17.4 Å². The van der Waals surface area contributed by atoms with E-state index in [1.165, 1.54) is 12.8 Å². The Labute approximate surface area is 128 Å². The van der Waals surface area contributed by atoms with Gasteiger partial charge in [-0.15, -0.1) is 0 Å². The molecule has 1 heterocycles. The quantitative estimate of drug-likeness (QED) is 0.916. The molecule has 0 aliphatic carbocycles. The average molecular weight is 341 g/mol. The van der Waals surface area contributed by atoms with Gasteiger partial charge in [-0.2, -0.15) is 0 Å². The SMILES string of the molecule is COc1ccc(Br)c(C(=O)NCC2CCCCN2C)c1. The summed E-state index contributed by atoms with van der Waals surface area (Å²) in [7, 11) is 3.72. The summed E-state index contributed by atoms with van der Waals surface area (Å²) < 4.78 is 5.95. The van der Waals surface area contributed by atoms with Crippen LogP contribution in [-0.4, -0.2) is 44.1 Å². The third-order valence-corrected chi connectivity index (χ3v) is 4.53. The van der Waals surface area contributed by atoms with Gasteiger partial charge in [0.25, 0.3) is 5.91 Å². The van der Waals surface area contributed by atoms with Crippen LogP contribution in [0.4, 0.5) is 0 Å². The first-order chi connectivity index (χ1) is 9.61. The third kappa shape index (κ3) is 3.73. The lowest BCUT2D eigenvalue weighted by Gasteiger charge is -2.32. The Morgan fingerprint density at radius 2 is 2.30 bits per heavy atom. The summed E-state index contributed by atoms with van der Waals surface area (Å²) in [5.74, 6) is 0.628. The van der Waals surface area contributed by atoms with E-state index in [1.54, 1.807) is 13.2 Å². The van der Waals surface area contributed by atoms with Gasteiger partial charge in [-0.3, -0.25) is 4.79 Å². The highest BCUT2D eigenvalue weighted by Gasteiger charge is 2.20. The van der Waals surface area contributed by atoms with Crippen molar-refractivity contribution in [3.8, 4) is 5.75 Å². The predicted octanol–water partition coefficient (Wildman–Crippen LogP) is 2.67. The van der Waals surface area contributed by atoms with E-state index in [0.29, 0.717) is 23.9 Å². The largest absolute Gasteiger partial charge is 0.497 e. The fourth-order valence-corrected chi connectivity index (χ4v) is 2.94. The second-order valence-electron chi connectivity index (χ2n) is 5.19. The van der Waals surface area contributed by atoms with Gasteiger partial charge < -0.3 is 15.0 Å². The Balaban J connectivity index is 1.97. The Morgan fingerprint density at radius 1 is 1.50 bits per heavy atom. The minimum Gasteiger partial charge on any atom is -0.497 e. The maximum absolute atomic E-state index is 12.3. The number of halogens is 1. The summed E-state index contributed by atoms with van der Waals surface area (Å²) >= 11 is 3.41. The lowest BCUT2D eigenvalue weighted by atomic mass is 10.0. The second kappa shape index (κ2) is 7.09. The number of likely N-dealkylation sites (tertiary alicyclic amines) is 1. The van der Waals surface area contributed by atoms with Crippen LogP contribution in [0.15, 0.2) is 22.7 Å². The number of amides is 1. The molecule has 2 rings (SSSR count). The summed E-state index contributed by atoms with van der Waals surface area (Å²) in [5, 5.41) is 3.03. The highest BCUT2D eigenvalue weighted by Crippen LogP contribution is 2.22. The fourth-order valence-electron chi connectivity index (χ4n) is 2.51. The summed E-state index contributed by atoms with van der Waals surface area (Å²) in [6, 6.07) is 5.86. The number of rotatable bonds is 4. The van der Waals surface area contributed by atoms with Gasteiger partial charge in [0.15, 0.2) is 0 Å². The van der Waals surface area contributed by atoms with Crippen LogP contribution in [0.3, 0.4) is 0 Å². The minimum atomic E-state index is -0.0604. The number of piperidine rings is 1. The molecule has 20 heavy (non-hydrogen) atoms. The summed E-state index contributed by atoms with van der Waals surface area (Å²) in [6.45, 7) is 1.81. The maximum atomic E-state index is 12.3. The maximum Gasteiger partial charge on any atom is 0.252 e. The van der Waals surface area contributed by atoms with Crippen molar-refractivity contribution in [1.29, 1.82) is 0 Å². The van der Waals surface area contributed by atoms with Gasteiger partial charge in [0.05, 0.1) is 12.7 Å². The molecule has 5 heteroatoms. The highest BCUT2D eigenvalue weighted by atomic mass is 79.9. The molecule has 1 amide bonds. The van der Waals surface area contributed by atoms with Gasteiger partial charge in [0.2, 0.25) is 0 Å². The Bertz CT molecular complexity index is 479. The van der Waals surface area contributed by atoms with Crippen LogP contribution in [0.2, 0.25) is 0 Å². The number of ether oxygens (including phenoxy) is 1. The normalized spacial score (nSPS) is 19.6. The van der Waals surface area contributed by atoms with E-state index in [4.69, 9.17) is 4.74 Å². The van der Waals surface area contributed by atoms with Crippen molar-refractivity contribution in [3.05, 3.63) is 28.2 Å². The van der Waals surface area contributed by atoms with Crippen LogP contribution in [0.25, 0.3) is 0 Å². The molecule has 0 aromatic heterocycles. The average Bonchev–Trinajstić information content (AvgIpc) is 2.46.